The Hall–Kier alpha value is -10.5. The van der Waals surface area contributed by atoms with Crippen LogP contribution in [-0.2, 0) is 110 Å². The van der Waals surface area contributed by atoms with Crippen molar-refractivity contribution in [3.63, 3.8) is 0 Å². The second-order valence-electron chi connectivity index (χ2n) is 31.2. The molecule has 12 aromatic heterocycles. The molecule has 9 fully saturated rings. The zero-order valence-corrected chi connectivity index (χ0v) is 73.8. The molecule has 0 radical (unpaired) electrons. The number of nitrogens with two attached hydrogens (primary N) is 5. The number of aromatic nitrogens is 19. The minimum atomic E-state index is -5.15. The molecule has 9 aliphatic rings. The van der Waals surface area contributed by atoms with Crippen LogP contribution in [0.1, 0.15) is 37.4 Å². The van der Waals surface area contributed by atoms with Gasteiger partial charge in [0, 0.05) is 53.1 Å². The van der Waals surface area contributed by atoms with Crippen LogP contribution in [0.5, 0.6) is 0 Å². The Kier molecular flexibility index (Phi) is 24.8. The van der Waals surface area contributed by atoms with Crippen LogP contribution in [0.4, 0.5) is 34.6 Å². The molecule has 0 amide bonds. The summed E-state index contributed by atoms with van der Waals surface area (Å²) in [4.78, 5) is 152. The van der Waals surface area contributed by atoms with Crippen LogP contribution in [0.2, 0.25) is 0 Å². The van der Waals surface area contributed by atoms with Gasteiger partial charge in [-0.25, -0.2) is 72.1 Å². The molecule has 21 rings (SSSR count). The number of imidazole rings is 4. The van der Waals surface area contributed by atoms with Gasteiger partial charge in [0.25, 0.3) is 16.7 Å². The number of phosphoric acid groups is 6. The van der Waals surface area contributed by atoms with Crippen LogP contribution >= 0.6 is 46.9 Å². The second-order valence-corrected chi connectivity index (χ2v) is 39.6. The van der Waals surface area contributed by atoms with E-state index in [-0.39, 0.29) is 79.0 Å². The topological polar surface area (TPSA) is 883 Å². The highest BCUT2D eigenvalue weighted by atomic mass is 31.2. The van der Waals surface area contributed by atoms with E-state index >= 15 is 0 Å². The largest absolute Gasteiger partial charge is 0.473 e. The second kappa shape index (κ2) is 35.7. The first kappa shape index (κ1) is 94.5. The quantitative estimate of drug-likeness (QED) is 0.0494. The number of pyridine rings is 3. The normalized spacial score (nSPS) is 36.9. The Morgan fingerprint density at radius 3 is 1.28 bits per heavy atom. The van der Waals surface area contributed by atoms with E-state index in [1.807, 2.05) is 0 Å². The van der Waals surface area contributed by atoms with Gasteiger partial charge in [0.05, 0.1) is 83.5 Å². The summed E-state index contributed by atoms with van der Waals surface area (Å²) in [5.74, 6) is -0.532. The molecule has 24 N–H and O–H groups in total. The Morgan fingerprint density at radius 2 is 0.779 bits per heavy atom. The Balaban J connectivity index is 0.000000131. The molecule has 21 heterocycles. The number of aliphatic hydroxyl groups is 5. The highest BCUT2D eigenvalue weighted by Crippen LogP contribution is 2.59. The molecule has 63 nitrogen and oxygen atoms in total. The number of aromatic amines is 3. The molecule has 69 heteroatoms. The molecule has 6 bridgehead atoms. The maximum atomic E-state index is 13.3. The van der Waals surface area contributed by atoms with Gasteiger partial charge in [-0.05, 0) is 29.8 Å². The lowest BCUT2D eigenvalue weighted by atomic mass is 10.1. The van der Waals surface area contributed by atoms with Gasteiger partial charge in [0.15, 0.2) is 76.5 Å². The number of nitrogen functional groups attached to an aromatic ring is 5. The average Bonchev–Trinajstić information content (AvgIpc) is 1.30. The summed E-state index contributed by atoms with van der Waals surface area (Å²) in [5.41, 5.74) is 28.8. The number of phosphoric ester groups is 6. The first-order valence-electron chi connectivity index (χ1n) is 39.7. The molecule has 29 atom stereocenters. The molecule has 136 heavy (non-hydrogen) atoms. The highest BCUT2D eigenvalue weighted by Gasteiger charge is 2.59. The van der Waals surface area contributed by atoms with Crippen molar-refractivity contribution >= 4 is 148 Å². The number of H-pyrrole nitrogens is 3. The molecule has 9 aliphatic heterocycles. The molecular formula is C67H75N25O38P6. The van der Waals surface area contributed by atoms with Crippen molar-refractivity contribution in [2.45, 2.75) is 141 Å². The van der Waals surface area contributed by atoms with Crippen LogP contribution < -0.4 is 45.3 Å². The number of fused-ring (bicyclic) bond motifs is 15. The van der Waals surface area contributed by atoms with Crippen LogP contribution in [0.15, 0.2) is 113 Å². The van der Waals surface area contributed by atoms with E-state index in [4.69, 9.17) is 118 Å². The van der Waals surface area contributed by atoms with E-state index < -0.39 is 244 Å². The van der Waals surface area contributed by atoms with E-state index in [0.717, 1.165) is 29.9 Å². The number of nitrogens with zero attached hydrogens (tertiary/aromatic N) is 17. The summed E-state index contributed by atoms with van der Waals surface area (Å²) in [6, 6.07) is 6.19. The third kappa shape index (κ3) is 17.8. The van der Waals surface area contributed by atoms with Crippen molar-refractivity contribution in [3.8, 4) is 0 Å². The summed E-state index contributed by atoms with van der Waals surface area (Å²) in [7, 11) is -30.3. The number of ether oxygens (including phenoxy) is 6. The fraction of sp³-hybridized carbons (Fsp3) is 0.433. The predicted molar refractivity (Wildman–Crippen MR) is 446 cm³/mol. The van der Waals surface area contributed by atoms with Crippen LogP contribution in [0.3, 0.4) is 0 Å². The lowest BCUT2D eigenvalue weighted by Gasteiger charge is -2.25. The number of aliphatic hydroxyl groups excluding tert-OH is 5. The number of anilines is 5. The average molecular weight is 2020 g/mol. The van der Waals surface area contributed by atoms with Gasteiger partial charge in [-0.1, -0.05) is 6.58 Å². The maximum Gasteiger partial charge on any atom is 0.473 e. The number of hydrogen-bond acceptors (Lipinski definition) is 47. The van der Waals surface area contributed by atoms with Crippen molar-refractivity contribution in [1.29, 1.82) is 0 Å². The third-order valence-electron chi connectivity index (χ3n) is 22.7. The first-order chi connectivity index (χ1) is 64.5. The van der Waals surface area contributed by atoms with Gasteiger partial charge in [0.2, 0.25) is 17.6 Å². The Bertz CT molecular complexity index is 7270. The summed E-state index contributed by atoms with van der Waals surface area (Å²) < 4.78 is 185. The number of rotatable bonds is 6. The lowest BCUT2D eigenvalue weighted by Crippen LogP contribution is -2.36. The fourth-order valence-corrected chi connectivity index (χ4v) is 22.2. The van der Waals surface area contributed by atoms with Crippen molar-refractivity contribution in [1.82, 2.24) is 92.2 Å². The van der Waals surface area contributed by atoms with Gasteiger partial charge in [-0.2, -0.15) is 9.97 Å². The third-order valence-corrected chi connectivity index (χ3v) is 28.6. The number of nitrogens with one attached hydrogen (secondary N) is 3. The van der Waals surface area contributed by atoms with Crippen LogP contribution in [-0.4, -0.2) is 290 Å². The molecule has 0 saturated carbocycles. The Labute approximate surface area is 753 Å². The highest BCUT2D eigenvalue weighted by molar-refractivity contribution is 7.48. The molecule has 9 saturated heterocycles. The standard InChI is InChI=1S/C23H25N9O13P2.C22H25N9O12P2.C22H25N7O13P2/c1-26-9-4-31(18-12(9)8(24)2-3-27-18)21-15(34)16-11(43-21)6-41-47(38,39)45-17-14(33)10(5-40-46(36,37)44-16)42-22(17)32-7-28-13-19(32)29-23(25)30-20(13)35;1-8-10-4-38-45(36,37)43-16-11(41-20(14(16)32)30-6-26-12-9(23)2-3-25-17(12)30)5-39-44(34,35)42-15(8)21(40-10)31-7-27-13-18(31)28-22(24)29-19(13)33;23-10-1-3-24-18-9(10)2-4-28(18)21-15(31)16-12(40-21)6-38-44(35,36)42-17-14(30)11(5-37-43(33,34)41-16)39-22(17)29-8-27-13-19(29)25-7-26-20(13)32/h2-4,7,10-11,14-17,21-22,33-34H,5-6H2,(H2,24,27)(H,36,37)(H,38,39)(H3,25,29,30,35);2-3,6-7,10-11,14-16,20-21,32H,1,4-5H2,(H2,23,25)(H,34,35)(H,36,37)(H3,24,28,29,33);1-4,7-8,11-12,14-17,21-22,30-31H,5-6H2,(H2,23,24)(H,33,34)(H,35,36)(H,25,26,32)/t10-,11-,14-,15-,16-,17-,21-,22-;10-,11-,14-,15-,16-,20-,21-;11-,12-,14-,15-,16-,17-,21-,22-/m111/s1. The zero-order valence-electron chi connectivity index (χ0n) is 68.4. The van der Waals surface area contributed by atoms with Gasteiger partial charge >= 0.3 is 46.9 Å². The van der Waals surface area contributed by atoms with Crippen LogP contribution in [0.25, 0.3) is 71.6 Å². The van der Waals surface area contributed by atoms with E-state index in [1.165, 1.54) is 72.3 Å². The van der Waals surface area contributed by atoms with E-state index in [1.54, 1.807) is 12.1 Å². The molecule has 0 spiro atoms. The van der Waals surface area contributed by atoms with E-state index in [9.17, 15) is 96.7 Å². The minimum Gasteiger partial charge on any atom is -0.399 e. The molecular weight excluding hydrogens is 1950 g/mol. The summed E-state index contributed by atoms with van der Waals surface area (Å²) in [5, 5.41) is 56.4. The molecule has 12 aromatic rings. The molecule has 6 unspecified atom stereocenters. The fourth-order valence-electron chi connectivity index (χ4n) is 16.5. The summed E-state index contributed by atoms with van der Waals surface area (Å²) in [6.45, 7) is 6.68. The lowest BCUT2D eigenvalue weighted by molar-refractivity contribution is -0.0672. The van der Waals surface area contributed by atoms with E-state index in [2.05, 4.69) is 76.2 Å². The van der Waals surface area contributed by atoms with Crippen molar-refractivity contribution < 1.29 is 165 Å². The van der Waals surface area contributed by atoms with Crippen molar-refractivity contribution in [2.75, 3.05) is 68.3 Å². The van der Waals surface area contributed by atoms with Gasteiger partial charge in [0.1, 0.15) is 121 Å². The predicted octanol–water partition coefficient (Wildman–Crippen LogP) is -1.84. The van der Waals surface area contributed by atoms with Crippen LogP contribution in [0, 0.1) is 6.57 Å². The SMILES string of the molecule is C=C1[C@H]2OP(=O)(O)OC[C@H]3O[C@@H](n4cnc5c(N)ccnc54)[C@H](O)[C@@H]3OP(=O)(O)OC[C@H]1O[C@H]2n1cnc2c(=O)[nH]c(N)nc21.Nc1ccnc2c1ccn2[C@@H]1O[C@@H]2COP(=O)(O)O[C@@H]3[C@H](O)[C@@H](COP(=O)(O)O[C@H]2[C@H]1O)O[C@H]3n1cnc2c(=O)[nH]cnc21.[C-]#[N+]c1cn([C@@H]2O[C@@H]3COP(=O)(O)O[C@@H]4[C@H](O)[C@@H](COP(=O)(O)O[C@H]3[C@H]2O)O[C@H]4n2cnc3c(=O)[nH]c(N)nc32)c2nccc(N)c12. The van der Waals surface area contributed by atoms with Gasteiger partial charge in [-0.3, -0.25) is 96.9 Å². The first-order valence-corrected chi connectivity index (χ1v) is 48.7. The smallest absolute Gasteiger partial charge is 0.399 e. The minimum absolute atomic E-state index is 0.00656. The zero-order chi connectivity index (χ0) is 96.2. The van der Waals surface area contributed by atoms with Gasteiger partial charge < -0.3 is 126 Å². The summed E-state index contributed by atoms with van der Waals surface area (Å²) in [6.07, 6.45) is -22.3. The number of hydrogen-bond donors (Lipinski definition) is 19. The van der Waals surface area contributed by atoms with Crippen molar-refractivity contribution in [2.24, 2.45) is 0 Å². The maximum absolute atomic E-state index is 13.3. The molecule has 0 aliphatic carbocycles. The Morgan fingerprint density at radius 1 is 0.397 bits per heavy atom. The monoisotopic (exact) mass is 2020 g/mol. The van der Waals surface area contributed by atoms with E-state index in [0.29, 0.717) is 27.9 Å². The summed E-state index contributed by atoms with van der Waals surface area (Å²) >= 11 is 0. The molecule has 726 valence electrons. The van der Waals surface area contributed by atoms with Gasteiger partial charge in [-0.15, -0.1) is 0 Å². The van der Waals surface area contributed by atoms with Crippen molar-refractivity contribution in [3.05, 3.63) is 142 Å². The molecule has 0 aromatic carbocycles.